The number of rotatable bonds is 6. The maximum atomic E-state index is 12.8. The van der Waals surface area contributed by atoms with Crippen LogP contribution in [-0.4, -0.2) is 22.6 Å². The molecule has 0 amide bonds. The fourth-order valence-corrected chi connectivity index (χ4v) is 4.23. The zero-order valence-electron chi connectivity index (χ0n) is 13.4. The highest BCUT2D eigenvalue weighted by Crippen LogP contribution is 2.47. The number of hydrogen-bond donors (Lipinski definition) is 1. The molecule has 1 aliphatic carbocycles. The summed E-state index contributed by atoms with van der Waals surface area (Å²) in [6, 6.07) is 11.8. The fourth-order valence-electron chi connectivity index (χ4n) is 2.64. The third-order valence-corrected chi connectivity index (χ3v) is 5.93. The van der Waals surface area contributed by atoms with Crippen LogP contribution in [0, 0.1) is 0 Å². The molecule has 0 saturated heterocycles. The van der Waals surface area contributed by atoms with Gasteiger partial charge in [0.15, 0.2) is 11.5 Å². The Bertz CT molecular complexity index is 845. The lowest BCUT2D eigenvalue weighted by atomic mass is 10.1. The van der Waals surface area contributed by atoms with Crippen LogP contribution in [0.15, 0.2) is 47.4 Å². The number of halogens is 1. The molecule has 2 aromatic carbocycles. The Kier molecular flexibility index (Phi) is 4.46. The van der Waals surface area contributed by atoms with Crippen molar-refractivity contribution in [2.75, 3.05) is 14.2 Å². The van der Waals surface area contributed by atoms with Gasteiger partial charge in [0, 0.05) is 11.1 Å². The standard InChI is InChI=1S/C17H18ClNO4S/c1-22-15-8-7-14(11-16(15)23-2)24(20,21)19-17(9-10-17)12-3-5-13(18)6-4-12/h3-8,11,19H,9-10H2,1-2H3. The maximum Gasteiger partial charge on any atom is 0.241 e. The van der Waals surface area contributed by atoms with E-state index in [2.05, 4.69) is 4.72 Å². The molecule has 3 rings (SSSR count). The molecule has 0 aromatic heterocycles. The largest absolute Gasteiger partial charge is 0.493 e. The monoisotopic (exact) mass is 367 g/mol. The Balaban J connectivity index is 1.90. The fraction of sp³-hybridized carbons (Fsp3) is 0.294. The Morgan fingerprint density at radius 1 is 1.00 bits per heavy atom. The van der Waals surface area contributed by atoms with Crippen molar-refractivity contribution in [1.29, 1.82) is 0 Å². The Morgan fingerprint density at radius 3 is 2.17 bits per heavy atom. The SMILES string of the molecule is COc1ccc(S(=O)(=O)NC2(c3ccc(Cl)cc3)CC2)cc1OC. The molecule has 2 aromatic rings. The molecule has 1 aliphatic rings. The Hall–Kier alpha value is -1.76. The molecule has 5 nitrogen and oxygen atoms in total. The highest BCUT2D eigenvalue weighted by atomic mass is 35.5. The minimum atomic E-state index is -3.69. The lowest BCUT2D eigenvalue weighted by Gasteiger charge is -2.19. The normalized spacial score (nSPS) is 15.8. The first kappa shape index (κ1) is 17.1. The summed E-state index contributed by atoms with van der Waals surface area (Å²) in [4.78, 5) is 0.139. The molecule has 0 radical (unpaired) electrons. The van der Waals surface area contributed by atoms with Crippen LogP contribution in [0.25, 0.3) is 0 Å². The zero-order chi connectivity index (χ0) is 17.4. The second kappa shape index (κ2) is 6.27. The van der Waals surface area contributed by atoms with Gasteiger partial charge >= 0.3 is 0 Å². The highest BCUT2D eigenvalue weighted by molar-refractivity contribution is 7.89. The lowest BCUT2D eigenvalue weighted by molar-refractivity contribution is 0.354. The van der Waals surface area contributed by atoms with Gasteiger partial charge in [-0.2, -0.15) is 0 Å². The molecule has 1 fully saturated rings. The van der Waals surface area contributed by atoms with Crippen molar-refractivity contribution in [3.63, 3.8) is 0 Å². The van der Waals surface area contributed by atoms with Crippen LogP contribution in [0.5, 0.6) is 11.5 Å². The van der Waals surface area contributed by atoms with E-state index in [4.69, 9.17) is 21.1 Å². The van der Waals surface area contributed by atoms with Crippen molar-refractivity contribution >= 4 is 21.6 Å². The van der Waals surface area contributed by atoms with Gasteiger partial charge in [-0.15, -0.1) is 0 Å². The second-order valence-corrected chi connectivity index (χ2v) is 7.83. The van der Waals surface area contributed by atoms with E-state index in [1.165, 1.54) is 26.4 Å². The molecule has 7 heteroatoms. The van der Waals surface area contributed by atoms with Crippen LogP contribution in [0.1, 0.15) is 18.4 Å². The summed E-state index contributed by atoms with van der Waals surface area (Å²) < 4.78 is 38.7. The minimum absolute atomic E-state index is 0.139. The molecular formula is C17H18ClNO4S. The predicted octanol–water partition coefficient (Wildman–Crippen LogP) is 3.32. The summed E-state index contributed by atoms with van der Waals surface area (Å²) in [7, 11) is -0.716. The maximum absolute atomic E-state index is 12.8. The molecular weight excluding hydrogens is 350 g/mol. The van der Waals surface area contributed by atoms with Crippen LogP contribution in [0.2, 0.25) is 5.02 Å². The number of methoxy groups -OCH3 is 2. The van der Waals surface area contributed by atoms with Gasteiger partial charge in [-0.1, -0.05) is 23.7 Å². The smallest absolute Gasteiger partial charge is 0.241 e. The van der Waals surface area contributed by atoms with Crippen LogP contribution < -0.4 is 14.2 Å². The molecule has 0 spiro atoms. The van der Waals surface area contributed by atoms with E-state index in [1.807, 2.05) is 12.1 Å². The quantitative estimate of drug-likeness (QED) is 0.850. The van der Waals surface area contributed by atoms with Crippen LogP contribution >= 0.6 is 11.6 Å². The van der Waals surface area contributed by atoms with Gasteiger partial charge in [-0.25, -0.2) is 13.1 Å². The second-order valence-electron chi connectivity index (χ2n) is 5.71. The average Bonchev–Trinajstić information content (AvgIpc) is 3.34. The van der Waals surface area contributed by atoms with Crippen molar-refractivity contribution in [1.82, 2.24) is 4.72 Å². The molecule has 0 unspecified atom stereocenters. The number of benzene rings is 2. The van der Waals surface area contributed by atoms with Gasteiger partial charge in [-0.3, -0.25) is 0 Å². The summed E-state index contributed by atoms with van der Waals surface area (Å²) in [6.45, 7) is 0. The minimum Gasteiger partial charge on any atom is -0.493 e. The zero-order valence-corrected chi connectivity index (χ0v) is 14.9. The van der Waals surface area contributed by atoms with Gasteiger partial charge in [-0.05, 0) is 42.7 Å². The molecule has 1 N–H and O–H groups in total. The first-order valence-corrected chi connectivity index (χ1v) is 9.28. The van der Waals surface area contributed by atoms with E-state index in [1.54, 1.807) is 18.2 Å². The van der Waals surface area contributed by atoms with Crippen molar-refractivity contribution in [2.45, 2.75) is 23.3 Å². The first-order chi connectivity index (χ1) is 11.4. The predicted molar refractivity (Wildman–Crippen MR) is 92.2 cm³/mol. The van der Waals surface area contributed by atoms with Crippen LogP contribution in [0.4, 0.5) is 0 Å². The van der Waals surface area contributed by atoms with Gasteiger partial charge < -0.3 is 9.47 Å². The molecule has 0 bridgehead atoms. The van der Waals surface area contributed by atoms with E-state index >= 15 is 0 Å². The van der Waals surface area contributed by atoms with Gasteiger partial charge in [0.2, 0.25) is 10.0 Å². The van der Waals surface area contributed by atoms with Crippen molar-refractivity contribution in [3.8, 4) is 11.5 Å². The first-order valence-electron chi connectivity index (χ1n) is 7.42. The van der Waals surface area contributed by atoms with E-state index < -0.39 is 15.6 Å². The van der Waals surface area contributed by atoms with E-state index in [-0.39, 0.29) is 4.90 Å². The Labute approximate surface area is 146 Å². The summed E-state index contributed by atoms with van der Waals surface area (Å²) >= 11 is 5.91. The van der Waals surface area contributed by atoms with Crippen molar-refractivity contribution in [2.24, 2.45) is 0 Å². The van der Waals surface area contributed by atoms with E-state index in [0.29, 0.717) is 16.5 Å². The number of hydrogen-bond acceptors (Lipinski definition) is 4. The van der Waals surface area contributed by atoms with Crippen LogP contribution in [0.3, 0.4) is 0 Å². The van der Waals surface area contributed by atoms with Crippen LogP contribution in [-0.2, 0) is 15.6 Å². The lowest BCUT2D eigenvalue weighted by Crippen LogP contribution is -2.34. The van der Waals surface area contributed by atoms with E-state index in [0.717, 1.165) is 18.4 Å². The average molecular weight is 368 g/mol. The van der Waals surface area contributed by atoms with Crippen molar-refractivity contribution < 1.29 is 17.9 Å². The molecule has 0 aliphatic heterocycles. The third kappa shape index (κ3) is 3.22. The molecule has 0 atom stereocenters. The molecule has 128 valence electrons. The van der Waals surface area contributed by atoms with Crippen molar-refractivity contribution in [3.05, 3.63) is 53.1 Å². The molecule has 0 heterocycles. The Morgan fingerprint density at radius 2 is 1.62 bits per heavy atom. The van der Waals surface area contributed by atoms with Gasteiger partial charge in [0.1, 0.15) is 0 Å². The summed E-state index contributed by atoms with van der Waals surface area (Å²) in [5.74, 6) is 0.854. The highest BCUT2D eigenvalue weighted by Gasteiger charge is 2.47. The molecule has 1 saturated carbocycles. The molecule has 24 heavy (non-hydrogen) atoms. The number of nitrogens with one attached hydrogen (secondary N) is 1. The number of ether oxygens (including phenoxy) is 2. The summed E-state index contributed by atoms with van der Waals surface area (Å²) in [5, 5.41) is 0.622. The third-order valence-electron chi connectivity index (χ3n) is 4.14. The van der Waals surface area contributed by atoms with E-state index in [9.17, 15) is 8.42 Å². The summed E-state index contributed by atoms with van der Waals surface area (Å²) in [6.07, 6.45) is 1.50. The van der Waals surface area contributed by atoms with Gasteiger partial charge in [0.05, 0.1) is 24.7 Å². The number of sulfonamides is 1. The van der Waals surface area contributed by atoms with Gasteiger partial charge in [0.25, 0.3) is 0 Å². The topological polar surface area (TPSA) is 64.6 Å². The summed E-state index contributed by atoms with van der Waals surface area (Å²) in [5.41, 5.74) is 0.354.